The van der Waals surface area contributed by atoms with Gasteiger partial charge < -0.3 is 65.5 Å². The number of ketones is 3. The number of allylic oxidation sites excluding steroid dienone is 2. The molecule has 434 valence electrons. The zero-order valence-corrected chi connectivity index (χ0v) is 47.3. The van der Waals surface area contributed by atoms with Crippen LogP contribution in [-0.4, -0.2) is 133 Å². The van der Waals surface area contributed by atoms with Gasteiger partial charge in [0.1, 0.15) is 28.8 Å². The van der Waals surface area contributed by atoms with E-state index in [4.69, 9.17) is 29.7 Å². The van der Waals surface area contributed by atoms with Crippen LogP contribution in [0.25, 0.3) is 24.3 Å². The maximum atomic E-state index is 14.7. The Kier molecular flexibility index (Phi) is 14.6. The van der Waals surface area contributed by atoms with Gasteiger partial charge in [-0.15, -0.1) is 0 Å². The van der Waals surface area contributed by atoms with Gasteiger partial charge in [0.15, 0.2) is 17.9 Å². The van der Waals surface area contributed by atoms with Gasteiger partial charge in [-0.1, -0.05) is 38.6 Å². The number of amides is 1. The first-order valence-electron chi connectivity index (χ1n) is 27.8. The molecule has 1 amide bonds. The SMILES string of the molecule is C=Cc1c2[nH]c(c1C)/C=C1\N=C(C3=C4NC(/C=c5\[nH]/c(c(C)c5CC)=C\2)C(C)=C4C(=O)C3C(=O)OC)[C@@H](CCC(=O)N/N=C(/CO)[C@]2(O)Cc3c(O)c4c(c(O)c3[C@@H](O[C@H]3C[C@H](N)[C@H](O)[C@H](C)O3)C2)C(=O)c2c(OC)cccc2C4=O)[C@@H]1C. The van der Waals surface area contributed by atoms with Gasteiger partial charge in [-0.05, 0) is 87.1 Å². The lowest BCUT2D eigenvalue weighted by Gasteiger charge is -2.43. The number of hydrogen-bond acceptors (Lipinski definition) is 18. The second-order valence-electron chi connectivity index (χ2n) is 22.5. The summed E-state index contributed by atoms with van der Waals surface area (Å²) < 4.78 is 23.1. The first kappa shape index (κ1) is 56.8. The number of ether oxygens (including phenoxy) is 4. The van der Waals surface area contributed by atoms with Crippen molar-refractivity contribution in [1.29, 1.82) is 0 Å². The summed E-state index contributed by atoms with van der Waals surface area (Å²) in [4.78, 5) is 83.8. The molecule has 11 N–H and O–H groups in total. The molecule has 4 aliphatic heterocycles. The van der Waals surface area contributed by atoms with E-state index in [-0.39, 0.29) is 47.3 Å². The Bertz CT molecular complexity index is 3830. The van der Waals surface area contributed by atoms with Crippen molar-refractivity contribution in [2.24, 2.45) is 33.6 Å². The van der Waals surface area contributed by atoms with E-state index in [0.717, 1.165) is 56.3 Å². The Hall–Kier alpha value is -8.05. The summed E-state index contributed by atoms with van der Waals surface area (Å²) in [5.41, 5.74) is 13.0. The Morgan fingerprint density at radius 2 is 1.76 bits per heavy atom. The van der Waals surface area contributed by atoms with Crippen molar-refractivity contribution in [2.75, 3.05) is 20.8 Å². The number of aliphatic imine (C=N–C) groups is 1. The molecular weight excluding hydrogens is 1070 g/mol. The molecule has 83 heavy (non-hydrogen) atoms. The van der Waals surface area contributed by atoms with Crippen LogP contribution in [0.15, 0.2) is 63.0 Å². The van der Waals surface area contributed by atoms with Crippen molar-refractivity contribution in [3.05, 3.63) is 131 Å². The van der Waals surface area contributed by atoms with Crippen LogP contribution in [-0.2, 0) is 41.4 Å². The number of carbonyl (C=O) groups excluding carboxylic acids is 5. The smallest absolute Gasteiger partial charge is 0.321 e. The number of carbonyl (C=O) groups is 5. The van der Waals surface area contributed by atoms with Crippen molar-refractivity contribution in [2.45, 2.75) is 122 Å². The zero-order chi connectivity index (χ0) is 59.4. The van der Waals surface area contributed by atoms with E-state index in [0.29, 0.717) is 28.3 Å². The van der Waals surface area contributed by atoms with Gasteiger partial charge in [0.05, 0.1) is 79.0 Å². The number of hydrogen-bond donors (Lipinski definition) is 10. The van der Waals surface area contributed by atoms with Crippen LogP contribution >= 0.6 is 0 Å². The average Bonchev–Trinajstić information content (AvgIpc) is 4.41. The molecule has 21 nitrogen and oxygen atoms in total. The molecular formula is C62H67N7O14. The standard InChI is InChI=1S/C62H67N7O14/c1-10-29-24(3)35-18-37-26(5)31(53(66-37)49-52(61(78)81-9)58(75)46-27(6)38(67-54(46)49)20-40-30(11-2)25(4)36(65-40)19-39(29)64-35)15-16-44(71)69-68-43(23-70)62(79)21-33-48(42(22-62)83-45-17-34(63)55(72)28(7)82-45)60(77)51-50(57(33)74)56(73)32-13-12-14-41(80-8)47(32)59(51)76/h10,12-14,18-20,26,28,31,34,38,42,45,52,55,64-65,67,70,72,74,77,79H,1,11,15-17,21-23,63H2,2-9H3,(H,69,71)/b36-19-,37-18-,40-20-,68-43-/t26-,28-,31-,34-,38?,42-,45-,52?,55+,62-/m0/s1. The lowest BCUT2D eigenvalue weighted by molar-refractivity contribution is -0.245. The predicted molar refractivity (Wildman–Crippen MR) is 305 cm³/mol. The van der Waals surface area contributed by atoms with Crippen LogP contribution in [0, 0.1) is 31.6 Å². The number of aliphatic hydroxyl groups is 3. The summed E-state index contributed by atoms with van der Waals surface area (Å²) in [5, 5.41) is 68.3. The normalized spacial score (nSPS) is 28.5. The number of aromatic nitrogens is 2. The number of nitrogens with one attached hydrogen (secondary N) is 4. The Balaban J connectivity index is 0.942. The number of rotatable bonds is 12. The van der Waals surface area contributed by atoms with Crippen molar-refractivity contribution in [1.82, 2.24) is 20.7 Å². The van der Waals surface area contributed by atoms with Gasteiger partial charge in [0, 0.05) is 105 Å². The van der Waals surface area contributed by atoms with E-state index >= 15 is 0 Å². The molecule has 3 aliphatic carbocycles. The van der Waals surface area contributed by atoms with Gasteiger partial charge in [-0.2, -0.15) is 5.10 Å². The molecule has 11 rings (SSSR count). The zero-order valence-electron chi connectivity index (χ0n) is 47.3. The number of methoxy groups -OCH3 is 2. The maximum Gasteiger partial charge on any atom is 0.321 e. The predicted octanol–water partition coefficient (Wildman–Crippen LogP) is 3.45. The minimum atomic E-state index is -2.28. The molecule has 2 aromatic heterocycles. The highest BCUT2D eigenvalue weighted by atomic mass is 16.7. The number of phenols is 2. The highest BCUT2D eigenvalue weighted by molar-refractivity contribution is 6.31. The number of aromatic hydroxyl groups is 2. The molecule has 1 fully saturated rings. The fraction of sp³-hybridized carbons (Fsp3) is 0.403. The van der Waals surface area contributed by atoms with E-state index in [9.17, 15) is 49.5 Å². The topological polar surface area (TPSA) is 330 Å². The number of hydrazone groups is 1. The van der Waals surface area contributed by atoms with Crippen LogP contribution in [0.4, 0.5) is 0 Å². The van der Waals surface area contributed by atoms with Crippen LogP contribution in [0.3, 0.4) is 0 Å². The molecule has 2 aromatic carbocycles. The van der Waals surface area contributed by atoms with E-state index < -0.39 is 137 Å². The summed E-state index contributed by atoms with van der Waals surface area (Å²) in [6.07, 6.45) is 2.78. The molecule has 4 aromatic rings. The summed E-state index contributed by atoms with van der Waals surface area (Å²) in [6, 6.07) is 3.09. The maximum absolute atomic E-state index is 14.7. The van der Waals surface area contributed by atoms with Gasteiger partial charge in [-0.25, -0.2) is 5.43 Å². The molecule has 0 saturated carbocycles. The molecule has 8 bridgehead atoms. The highest BCUT2D eigenvalue weighted by Gasteiger charge is 2.53. The third kappa shape index (κ3) is 9.03. The number of phenolic OH excluding ortho intramolecular Hbond substituents is 2. The number of fused-ring (bicyclic) bond motifs is 10. The molecule has 6 heterocycles. The molecule has 10 atom stereocenters. The van der Waals surface area contributed by atoms with Gasteiger partial charge >= 0.3 is 5.97 Å². The Morgan fingerprint density at radius 3 is 2.45 bits per heavy atom. The Morgan fingerprint density at radius 1 is 1.01 bits per heavy atom. The molecule has 2 unspecified atom stereocenters. The first-order valence-corrected chi connectivity index (χ1v) is 27.8. The minimum Gasteiger partial charge on any atom is -0.507 e. The molecule has 0 spiro atoms. The van der Waals surface area contributed by atoms with Crippen molar-refractivity contribution in [3.8, 4) is 17.2 Å². The number of Topliss-reactive ketones (excluding diaryl/α,β-unsaturated/α-hetero) is 1. The van der Waals surface area contributed by atoms with Crippen molar-refractivity contribution in [3.63, 3.8) is 0 Å². The summed E-state index contributed by atoms with van der Waals surface area (Å²) in [5.74, 6) is -7.20. The van der Waals surface area contributed by atoms with Gasteiger partial charge in [0.25, 0.3) is 0 Å². The number of esters is 1. The number of aliphatic hydroxyl groups excluding tert-OH is 2. The summed E-state index contributed by atoms with van der Waals surface area (Å²) in [7, 11) is 2.54. The quantitative estimate of drug-likeness (QED) is 0.0281. The van der Waals surface area contributed by atoms with Crippen LogP contribution < -0.4 is 31.9 Å². The summed E-state index contributed by atoms with van der Waals surface area (Å²) in [6.45, 7) is 14.7. The van der Waals surface area contributed by atoms with Crippen molar-refractivity contribution < 1.29 is 68.5 Å². The third-order valence-corrected chi connectivity index (χ3v) is 18.0. The van der Waals surface area contributed by atoms with E-state index in [1.807, 2.05) is 26.8 Å². The van der Waals surface area contributed by atoms with Crippen LogP contribution in [0.5, 0.6) is 17.2 Å². The molecule has 1 saturated heterocycles. The highest BCUT2D eigenvalue weighted by Crippen LogP contribution is 2.53. The first-order chi connectivity index (χ1) is 39.6. The number of aromatic amines is 2. The van der Waals surface area contributed by atoms with E-state index in [1.54, 1.807) is 13.0 Å². The van der Waals surface area contributed by atoms with Gasteiger partial charge in [-0.3, -0.25) is 29.0 Å². The number of H-pyrrole nitrogens is 2. The third-order valence-electron chi connectivity index (χ3n) is 18.0. The van der Waals surface area contributed by atoms with E-state index in [1.165, 1.54) is 32.4 Å². The summed E-state index contributed by atoms with van der Waals surface area (Å²) >= 11 is 0. The van der Waals surface area contributed by atoms with Crippen molar-refractivity contribution >= 4 is 65.0 Å². The lowest BCUT2D eigenvalue weighted by atomic mass is 9.71. The fourth-order valence-corrected chi connectivity index (χ4v) is 13.4. The Labute approximate surface area is 477 Å². The average molecular weight is 1130 g/mol. The second kappa shape index (κ2) is 21.3. The van der Waals surface area contributed by atoms with Gasteiger partial charge in [0.2, 0.25) is 11.7 Å². The lowest BCUT2D eigenvalue weighted by Crippen LogP contribution is -2.53. The largest absolute Gasteiger partial charge is 0.507 e. The molecule has 21 heteroatoms. The minimum absolute atomic E-state index is 0.0570. The second-order valence-corrected chi connectivity index (χ2v) is 22.5. The fourth-order valence-electron chi connectivity index (χ4n) is 13.4. The number of nitrogens with zero attached hydrogens (tertiary/aromatic N) is 2. The molecule has 7 aliphatic rings. The van der Waals surface area contributed by atoms with E-state index in [2.05, 4.69) is 58.4 Å². The number of nitrogens with two attached hydrogens (primary N) is 1. The molecule has 0 radical (unpaired) electrons. The van der Waals surface area contributed by atoms with Crippen LogP contribution in [0.2, 0.25) is 0 Å². The monoisotopic (exact) mass is 1130 g/mol. The van der Waals surface area contributed by atoms with Crippen LogP contribution in [0.1, 0.15) is 136 Å². The number of benzene rings is 2.